The number of ketones is 2. The third kappa shape index (κ3) is 8.32. The number of benzene rings is 7. The number of allylic oxidation sites excluding steroid dienone is 6. The number of carbonyl (C=O) groups excluding carboxylic acids is 2. The van der Waals surface area contributed by atoms with Crippen molar-refractivity contribution < 1.29 is 9.59 Å². The van der Waals surface area contributed by atoms with E-state index in [0.717, 1.165) is 183 Å². The molecule has 10 aliphatic rings. The summed E-state index contributed by atoms with van der Waals surface area (Å²) in [6, 6.07) is 41.7. The summed E-state index contributed by atoms with van der Waals surface area (Å²) in [7, 11) is 0. The summed E-state index contributed by atoms with van der Waals surface area (Å²) in [6.45, 7) is 13.0. The van der Waals surface area contributed by atoms with E-state index >= 15 is 0 Å². The van der Waals surface area contributed by atoms with E-state index in [4.69, 9.17) is 44.4 Å². The molecule has 9 aromatic rings. The van der Waals surface area contributed by atoms with E-state index in [1.807, 2.05) is 30.3 Å². The lowest BCUT2D eigenvalue weighted by atomic mass is 9.64. The largest absolute Gasteiger partial charge is 0.303 e. The van der Waals surface area contributed by atoms with Crippen molar-refractivity contribution >= 4 is 113 Å². The Kier molecular flexibility index (Phi) is 12.5. The number of nitrogens with zero attached hydrogens (tertiary/aromatic N) is 8. The number of anilines is 6. The molecule has 0 amide bonds. The normalized spacial score (nSPS) is 23.2. The summed E-state index contributed by atoms with van der Waals surface area (Å²) in [5.41, 5.74) is 17.7. The van der Waals surface area contributed by atoms with E-state index in [0.29, 0.717) is 16.9 Å². The number of Topliss-reactive ketones (excluding diaryl/α,β-unsaturated/α-hetero) is 2. The first-order chi connectivity index (χ1) is 43.6. The number of hydrogen-bond donors (Lipinski definition) is 0. The molecule has 0 N–H and O–H groups in total. The monoisotopic (exact) mass is 1210 g/mol. The molecule has 12 heteroatoms. The third-order valence-electron chi connectivity index (χ3n) is 21.7. The maximum Gasteiger partial charge on any atom is 0.197 e. The number of thiocarbonyl (C=S) groups is 2. The van der Waals surface area contributed by atoms with Crippen LogP contribution in [-0.2, 0) is 0 Å². The van der Waals surface area contributed by atoms with Crippen LogP contribution in [0.2, 0.25) is 0 Å². The van der Waals surface area contributed by atoms with Crippen LogP contribution in [0.25, 0.3) is 44.0 Å². The maximum absolute atomic E-state index is 15.0. The minimum Gasteiger partial charge on any atom is -0.303 e. The average Bonchev–Trinajstić information content (AvgIpc) is 1.59. The van der Waals surface area contributed by atoms with Crippen LogP contribution < -0.4 is 19.6 Å². The summed E-state index contributed by atoms with van der Waals surface area (Å²) in [5.74, 6) is 6.25. The molecule has 0 saturated heterocycles. The first-order valence-corrected chi connectivity index (χ1v) is 33.1. The summed E-state index contributed by atoms with van der Waals surface area (Å²) in [6.07, 6.45) is 22.0. The van der Waals surface area contributed by atoms with Crippen LogP contribution in [0.4, 0.5) is 34.6 Å². The number of aromatic nitrogens is 4. The quantitative estimate of drug-likeness (QED) is 0.0863. The van der Waals surface area contributed by atoms with Crippen LogP contribution in [0, 0.1) is 53.4 Å². The second kappa shape index (κ2) is 20.3. The number of rotatable bonds is 7. The van der Waals surface area contributed by atoms with E-state index < -0.39 is 0 Å². The van der Waals surface area contributed by atoms with Gasteiger partial charge in [-0.05, 0) is 241 Å². The minimum absolute atomic E-state index is 0.115. The Balaban J connectivity index is 0.762. The SMILES string of the molecule is Cc1cc(C)c(N2/C(=C/C=C3C(=S)c4ccccc4C3=S)N(c3c(C)cc(C)cc3C)c3nc4cc(-c5ccc6cc7c(cc6c5)C(=O)/C(=C\C=C5N(C68CCC(CC6)CC8)c6nc8ccccc8nc6N5C56CCC(CC5)CC6)C7=O)ccc4nc32)c(C)c1. The second-order valence-electron chi connectivity index (χ2n) is 27.2. The molecule has 0 spiro atoms. The van der Waals surface area contributed by atoms with Crippen LogP contribution in [-0.4, -0.2) is 52.3 Å². The fourth-order valence-electron chi connectivity index (χ4n) is 17.4. The first-order valence-electron chi connectivity index (χ1n) is 32.3. The Morgan fingerprint density at radius 1 is 0.411 bits per heavy atom. The second-order valence-corrected chi connectivity index (χ2v) is 28.0. The van der Waals surface area contributed by atoms with Crippen molar-refractivity contribution in [3.05, 3.63) is 224 Å². The Hall–Kier alpha value is -8.84. The molecule has 444 valence electrons. The molecular weight excluding hydrogens is 1150 g/mol. The Morgan fingerprint density at radius 3 is 1.33 bits per heavy atom. The standard InChI is InChI=1S/C78H68N8O2S2/c1-43-35-45(3)67(46(4)36-43)83-65(21-19-58-71(89)55-11-7-8-12-56(55)72(58)90)84(68-47(5)37-44(2)38-48(68)6)74-73(83)79-63-20-17-53(42-64(63)82-74)51-15-16-52-40-59-60(41-54(52)39-51)70(88)57(69(59)87)18-22-66-85(77-29-23-49(24-30-77)25-31-77)75-76(81-62-14-10-9-13-61(62)80-75)86(66)78-32-26-50(27-33-78)28-34-78/h7-22,35-42,49-50H,23-34H2,1-6H3/b57-18-,65-21-,66-22?. The highest BCUT2D eigenvalue weighted by atomic mass is 32.1. The van der Waals surface area contributed by atoms with Gasteiger partial charge < -0.3 is 9.80 Å². The number of aryl methyl sites for hydroxylation is 6. The van der Waals surface area contributed by atoms with E-state index in [1.165, 1.54) is 49.7 Å². The zero-order chi connectivity index (χ0) is 61.2. The number of fused-ring (bicyclic) bond motifs is 13. The lowest BCUT2D eigenvalue weighted by Crippen LogP contribution is -2.58. The van der Waals surface area contributed by atoms with Crippen molar-refractivity contribution in [3.63, 3.8) is 0 Å². The molecule has 8 aliphatic carbocycles. The maximum atomic E-state index is 15.0. The lowest BCUT2D eigenvalue weighted by Gasteiger charge is -2.55. The number of hydrogen-bond acceptors (Lipinski definition) is 12. The molecule has 19 rings (SSSR count). The topological polar surface area (TPSA) is 98.7 Å². The molecule has 0 unspecified atom stereocenters. The van der Waals surface area contributed by atoms with Gasteiger partial charge in [0.25, 0.3) is 0 Å². The van der Waals surface area contributed by atoms with Crippen molar-refractivity contribution in [1.82, 2.24) is 19.9 Å². The van der Waals surface area contributed by atoms with Gasteiger partial charge in [0.05, 0.1) is 48.7 Å². The number of carbonyl (C=O) groups is 2. The van der Waals surface area contributed by atoms with Gasteiger partial charge in [-0.15, -0.1) is 0 Å². The molecule has 2 aliphatic heterocycles. The lowest BCUT2D eigenvalue weighted by molar-refractivity contribution is 0.0988. The van der Waals surface area contributed by atoms with Crippen molar-refractivity contribution in [2.45, 2.75) is 130 Å². The zero-order valence-corrected chi connectivity index (χ0v) is 53.3. The van der Waals surface area contributed by atoms with Gasteiger partial charge in [0.1, 0.15) is 11.6 Å². The van der Waals surface area contributed by atoms with Crippen LogP contribution >= 0.6 is 24.4 Å². The van der Waals surface area contributed by atoms with Crippen LogP contribution in [0.5, 0.6) is 0 Å². The summed E-state index contributed by atoms with van der Waals surface area (Å²) < 4.78 is 0. The highest BCUT2D eigenvalue weighted by Gasteiger charge is 2.57. The fraction of sp³-hybridized carbons (Fsp3) is 0.282. The van der Waals surface area contributed by atoms with Crippen molar-refractivity contribution in [2.24, 2.45) is 11.8 Å². The smallest absolute Gasteiger partial charge is 0.197 e. The molecule has 2 aromatic heterocycles. The van der Waals surface area contributed by atoms with E-state index in [2.05, 4.69) is 176 Å². The predicted octanol–water partition coefficient (Wildman–Crippen LogP) is 18.4. The molecule has 6 saturated carbocycles. The van der Waals surface area contributed by atoms with Gasteiger partial charge in [0.2, 0.25) is 0 Å². The van der Waals surface area contributed by atoms with Crippen LogP contribution in [0.15, 0.2) is 168 Å². The molecule has 90 heavy (non-hydrogen) atoms. The Labute approximate surface area is 535 Å². The Bertz CT molecular complexity index is 4710. The van der Waals surface area contributed by atoms with E-state index in [1.54, 1.807) is 0 Å². The van der Waals surface area contributed by atoms with Gasteiger partial charge >= 0.3 is 0 Å². The van der Waals surface area contributed by atoms with Gasteiger partial charge in [0.15, 0.2) is 34.8 Å². The van der Waals surface area contributed by atoms with Crippen molar-refractivity contribution in [3.8, 4) is 11.1 Å². The summed E-state index contributed by atoms with van der Waals surface area (Å²) >= 11 is 12.3. The average molecular weight is 1210 g/mol. The highest BCUT2D eigenvalue weighted by molar-refractivity contribution is 7.84. The van der Waals surface area contributed by atoms with Crippen molar-refractivity contribution in [1.29, 1.82) is 0 Å². The highest BCUT2D eigenvalue weighted by Crippen LogP contribution is 2.60. The van der Waals surface area contributed by atoms with Crippen LogP contribution in [0.3, 0.4) is 0 Å². The van der Waals surface area contributed by atoms with Crippen LogP contribution in [0.1, 0.15) is 142 Å². The zero-order valence-electron chi connectivity index (χ0n) is 51.7. The van der Waals surface area contributed by atoms with Gasteiger partial charge in [0, 0.05) is 38.9 Å². The number of para-hydroxylation sites is 2. The van der Waals surface area contributed by atoms with E-state index in [9.17, 15) is 9.59 Å². The predicted molar refractivity (Wildman–Crippen MR) is 371 cm³/mol. The fourth-order valence-corrected chi connectivity index (χ4v) is 18.2. The third-order valence-corrected chi connectivity index (χ3v) is 22.6. The molecule has 0 atom stereocenters. The summed E-state index contributed by atoms with van der Waals surface area (Å²) in [5, 5.41) is 1.77. The minimum atomic E-state index is -0.241. The molecule has 0 radical (unpaired) electrons. The molecule has 4 bridgehead atoms. The molecule has 10 nitrogen and oxygen atoms in total. The van der Waals surface area contributed by atoms with Gasteiger partial charge in [-0.25, -0.2) is 19.9 Å². The van der Waals surface area contributed by atoms with Gasteiger partial charge in [-0.1, -0.05) is 114 Å². The Morgan fingerprint density at radius 2 is 0.822 bits per heavy atom. The van der Waals surface area contributed by atoms with Gasteiger partial charge in [-0.3, -0.25) is 19.4 Å². The first kappa shape index (κ1) is 55.2. The van der Waals surface area contributed by atoms with Gasteiger partial charge in [-0.2, -0.15) is 0 Å². The molecule has 7 aromatic carbocycles. The molecule has 6 fully saturated rings. The van der Waals surface area contributed by atoms with E-state index in [-0.39, 0.29) is 28.2 Å². The molecular formula is C78H68N8O2S2. The molecule has 4 heterocycles. The summed E-state index contributed by atoms with van der Waals surface area (Å²) in [4.78, 5) is 63.2. The van der Waals surface area contributed by atoms with Crippen molar-refractivity contribution in [2.75, 3.05) is 19.6 Å².